The maximum absolute atomic E-state index is 12.2. The van der Waals surface area contributed by atoms with E-state index in [-0.39, 0.29) is 5.76 Å². The van der Waals surface area contributed by atoms with E-state index in [1.165, 1.54) is 12.4 Å². The molecule has 0 spiro atoms. The number of nitrogens with zero attached hydrogens (tertiary/aromatic N) is 2. The molecule has 0 aliphatic rings. The van der Waals surface area contributed by atoms with E-state index in [1.54, 1.807) is 12.1 Å². The summed E-state index contributed by atoms with van der Waals surface area (Å²) in [5, 5.41) is 2.94. The zero-order valence-corrected chi connectivity index (χ0v) is 7.32. The summed E-state index contributed by atoms with van der Waals surface area (Å²) in [6.07, 6.45) is -1.55. The van der Waals surface area contributed by atoms with Crippen LogP contribution in [0.25, 0.3) is 11.3 Å². The predicted octanol–water partition coefficient (Wildman–Crippen LogP) is 2.76. The highest BCUT2D eigenvalue weighted by atomic mass is 19.4. The number of halogens is 3. The third-order valence-electron chi connectivity index (χ3n) is 1.77. The van der Waals surface area contributed by atoms with Gasteiger partial charge in [0.1, 0.15) is 0 Å². The average molecular weight is 214 g/mol. The summed E-state index contributed by atoms with van der Waals surface area (Å²) in [5.74, 6) is 0.0738. The lowest BCUT2D eigenvalue weighted by atomic mass is 10.2. The lowest BCUT2D eigenvalue weighted by molar-refractivity contribution is -0.142. The molecule has 15 heavy (non-hydrogen) atoms. The van der Waals surface area contributed by atoms with Crippen molar-refractivity contribution in [2.45, 2.75) is 6.18 Å². The maximum Gasteiger partial charge on any atom is 0.436 e. The Labute approximate surface area is 82.5 Å². The Balaban J connectivity index is 2.37. The van der Waals surface area contributed by atoms with Crippen LogP contribution in [0.1, 0.15) is 5.69 Å². The van der Waals surface area contributed by atoms with Gasteiger partial charge >= 0.3 is 6.18 Å². The summed E-state index contributed by atoms with van der Waals surface area (Å²) in [7, 11) is 0. The van der Waals surface area contributed by atoms with Crippen LogP contribution in [0.15, 0.2) is 35.1 Å². The maximum atomic E-state index is 12.2. The van der Waals surface area contributed by atoms with Gasteiger partial charge in [-0.25, -0.2) is 0 Å². The Morgan fingerprint density at radius 3 is 2.33 bits per heavy atom. The standard InChI is InChI=1S/C9H5F3N2O/c10-9(11,12)8-5-7(15-14-8)6-1-3-13-4-2-6/h1-5H. The van der Waals surface area contributed by atoms with Crippen molar-refractivity contribution in [2.24, 2.45) is 0 Å². The van der Waals surface area contributed by atoms with Crippen LogP contribution < -0.4 is 0 Å². The van der Waals surface area contributed by atoms with Crippen molar-refractivity contribution in [2.75, 3.05) is 0 Å². The van der Waals surface area contributed by atoms with Crippen LogP contribution in [0.2, 0.25) is 0 Å². The Morgan fingerprint density at radius 2 is 1.80 bits per heavy atom. The molecule has 0 saturated carbocycles. The highest BCUT2D eigenvalue weighted by Gasteiger charge is 2.35. The number of alkyl halides is 3. The molecule has 6 heteroatoms. The highest BCUT2D eigenvalue weighted by Crippen LogP contribution is 2.31. The zero-order valence-electron chi connectivity index (χ0n) is 7.32. The van der Waals surface area contributed by atoms with Gasteiger partial charge in [-0.3, -0.25) is 4.98 Å². The van der Waals surface area contributed by atoms with Gasteiger partial charge in [0.2, 0.25) is 0 Å². The molecule has 2 heterocycles. The van der Waals surface area contributed by atoms with Gasteiger partial charge in [-0.15, -0.1) is 0 Å². The van der Waals surface area contributed by atoms with E-state index < -0.39 is 11.9 Å². The number of rotatable bonds is 1. The summed E-state index contributed by atoms with van der Waals surface area (Å²) in [5.41, 5.74) is -0.526. The fraction of sp³-hybridized carbons (Fsp3) is 0.111. The van der Waals surface area contributed by atoms with Crippen LogP contribution in [0.5, 0.6) is 0 Å². The van der Waals surface area contributed by atoms with Crippen molar-refractivity contribution in [3.63, 3.8) is 0 Å². The summed E-state index contributed by atoms with van der Waals surface area (Å²) < 4.78 is 41.1. The molecule has 2 aromatic heterocycles. The molecule has 0 atom stereocenters. The second-order valence-electron chi connectivity index (χ2n) is 2.81. The van der Waals surface area contributed by atoms with Gasteiger partial charge < -0.3 is 4.52 Å². The van der Waals surface area contributed by atoms with E-state index in [0.29, 0.717) is 5.56 Å². The Hall–Kier alpha value is -1.85. The Bertz CT molecular complexity index is 450. The van der Waals surface area contributed by atoms with Gasteiger partial charge in [-0.05, 0) is 12.1 Å². The monoisotopic (exact) mass is 214 g/mol. The second-order valence-corrected chi connectivity index (χ2v) is 2.81. The topological polar surface area (TPSA) is 38.9 Å². The van der Waals surface area contributed by atoms with E-state index in [4.69, 9.17) is 0 Å². The van der Waals surface area contributed by atoms with Crippen molar-refractivity contribution >= 4 is 0 Å². The molecular weight excluding hydrogens is 209 g/mol. The van der Waals surface area contributed by atoms with Crippen molar-refractivity contribution in [1.29, 1.82) is 0 Å². The molecule has 0 saturated heterocycles. The largest absolute Gasteiger partial charge is 0.436 e. The van der Waals surface area contributed by atoms with Crippen molar-refractivity contribution in [3.05, 3.63) is 36.3 Å². The van der Waals surface area contributed by atoms with Gasteiger partial charge in [-0.2, -0.15) is 13.2 Å². The minimum atomic E-state index is -4.48. The van der Waals surface area contributed by atoms with Gasteiger partial charge in [-0.1, -0.05) is 5.16 Å². The highest BCUT2D eigenvalue weighted by molar-refractivity contribution is 5.56. The van der Waals surface area contributed by atoms with E-state index in [9.17, 15) is 13.2 Å². The molecule has 0 aromatic carbocycles. The summed E-state index contributed by atoms with van der Waals surface area (Å²) >= 11 is 0. The number of pyridine rings is 1. The molecule has 0 N–H and O–H groups in total. The molecule has 2 aromatic rings. The van der Waals surface area contributed by atoms with Gasteiger partial charge in [0.25, 0.3) is 0 Å². The zero-order chi connectivity index (χ0) is 10.9. The Morgan fingerprint density at radius 1 is 1.13 bits per heavy atom. The van der Waals surface area contributed by atoms with Crippen molar-refractivity contribution < 1.29 is 17.7 Å². The molecule has 0 fully saturated rings. The first-order chi connectivity index (χ1) is 7.07. The first-order valence-electron chi connectivity index (χ1n) is 4.02. The number of hydrogen-bond donors (Lipinski definition) is 0. The van der Waals surface area contributed by atoms with Crippen LogP contribution in [-0.4, -0.2) is 10.1 Å². The van der Waals surface area contributed by atoms with Gasteiger partial charge in [0.05, 0.1) is 0 Å². The van der Waals surface area contributed by atoms with Gasteiger partial charge in [0.15, 0.2) is 11.5 Å². The molecule has 0 amide bonds. The number of hydrogen-bond acceptors (Lipinski definition) is 3. The fourth-order valence-electron chi connectivity index (χ4n) is 1.06. The van der Waals surface area contributed by atoms with Crippen LogP contribution in [0.4, 0.5) is 13.2 Å². The molecular formula is C9H5F3N2O. The third kappa shape index (κ3) is 1.98. The lowest BCUT2D eigenvalue weighted by Gasteiger charge is -1.97. The quantitative estimate of drug-likeness (QED) is 0.732. The van der Waals surface area contributed by atoms with Gasteiger partial charge in [0, 0.05) is 24.0 Å². The lowest BCUT2D eigenvalue weighted by Crippen LogP contribution is -2.04. The van der Waals surface area contributed by atoms with Crippen molar-refractivity contribution in [1.82, 2.24) is 10.1 Å². The van der Waals surface area contributed by atoms with E-state index in [2.05, 4.69) is 14.7 Å². The molecule has 2 rings (SSSR count). The molecule has 0 bridgehead atoms. The third-order valence-corrected chi connectivity index (χ3v) is 1.77. The van der Waals surface area contributed by atoms with Crippen LogP contribution in [0.3, 0.4) is 0 Å². The first kappa shape index (κ1) is 9.70. The molecule has 0 radical (unpaired) electrons. The van der Waals surface area contributed by atoms with E-state index >= 15 is 0 Å². The SMILES string of the molecule is FC(F)(F)c1cc(-c2ccncc2)on1. The molecule has 78 valence electrons. The van der Waals surface area contributed by atoms with E-state index in [1.807, 2.05) is 0 Å². The minimum Gasteiger partial charge on any atom is -0.356 e. The Kier molecular flexibility index (Phi) is 2.18. The van der Waals surface area contributed by atoms with Crippen LogP contribution >= 0.6 is 0 Å². The summed E-state index contributed by atoms with van der Waals surface area (Å²) in [6, 6.07) is 3.94. The molecule has 0 unspecified atom stereocenters. The van der Waals surface area contributed by atoms with Crippen LogP contribution in [0, 0.1) is 0 Å². The van der Waals surface area contributed by atoms with Crippen LogP contribution in [-0.2, 0) is 6.18 Å². The predicted molar refractivity (Wildman–Crippen MR) is 44.7 cm³/mol. The molecule has 0 aliphatic heterocycles. The summed E-state index contributed by atoms with van der Waals surface area (Å²) in [6.45, 7) is 0. The minimum absolute atomic E-state index is 0.0738. The van der Waals surface area contributed by atoms with Crippen molar-refractivity contribution in [3.8, 4) is 11.3 Å². The summed E-state index contributed by atoms with van der Waals surface area (Å²) in [4.78, 5) is 3.74. The smallest absolute Gasteiger partial charge is 0.356 e. The molecule has 3 nitrogen and oxygen atoms in total. The second kappa shape index (κ2) is 3.38. The average Bonchev–Trinajstić information content (AvgIpc) is 2.67. The first-order valence-corrected chi connectivity index (χ1v) is 4.02. The fourth-order valence-corrected chi connectivity index (χ4v) is 1.06. The normalized spacial score (nSPS) is 11.7. The number of aromatic nitrogens is 2. The van der Waals surface area contributed by atoms with E-state index in [0.717, 1.165) is 6.07 Å². The molecule has 0 aliphatic carbocycles.